The second-order valence-corrected chi connectivity index (χ2v) is 5.57. The van der Waals surface area contributed by atoms with Crippen molar-refractivity contribution < 1.29 is 17.6 Å². The van der Waals surface area contributed by atoms with Gasteiger partial charge in [-0.25, -0.2) is 13.1 Å². The van der Waals surface area contributed by atoms with Crippen molar-refractivity contribution in [2.24, 2.45) is 5.73 Å². The van der Waals surface area contributed by atoms with Crippen LogP contribution in [0.25, 0.3) is 0 Å². The Balaban J connectivity index is 2.36. The van der Waals surface area contributed by atoms with Crippen LogP contribution >= 0.6 is 0 Å². The van der Waals surface area contributed by atoms with Gasteiger partial charge >= 0.3 is 0 Å². The molecule has 0 radical (unpaired) electrons. The maximum Gasteiger partial charge on any atom is 0.273 e. The summed E-state index contributed by atoms with van der Waals surface area (Å²) in [6.45, 7) is 1.28. The molecule has 0 fully saturated rings. The summed E-state index contributed by atoms with van der Waals surface area (Å²) in [5.74, 6) is 0.454. The van der Waals surface area contributed by atoms with Gasteiger partial charge in [0.1, 0.15) is 5.76 Å². The number of ether oxygens (including phenoxy) is 1. The number of furan rings is 1. The van der Waals surface area contributed by atoms with E-state index in [1.807, 2.05) is 0 Å². The van der Waals surface area contributed by atoms with Gasteiger partial charge in [-0.05, 0) is 31.4 Å². The maximum atomic E-state index is 11.8. The summed E-state index contributed by atoms with van der Waals surface area (Å²) in [5.41, 5.74) is 5.35. The van der Waals surface area contributed by atoms with Crippen LogP contribution in [0.1, 0.15) is 25.0 Å². The van der Waals surface area contributed by atoms with Crippen molar-refractivity contribution >= 4 is 10.0 Å². The van der Waals surface area contributed by atoms with Crippen molar-refractivity contribution in [3.63, 3.8) is 0 Å². The fourth-order valence-electron chi connectivity index (χ4n) is 1.44. The van der Waals surface area contributed by atoms with Crippen LogP contribution in [0.15, 0.2) is 21.6 Å². The van der Waals surface area contributed by atoms with Crippen LogP contribution < -0.4 is 10.5 Å². The van der Waals surface area contributed by atoms with Gasteiger partial charge in [0, 0.05) is 20.3 Å². The van der Waals surface area contributed by atoms with Crippen LogP contribution in [0.4, 0.5) is 0 Å². The van der Waals surface area contributed by atoms with Gasteiger partial charge in [-0.1, -0.05) is 0 Å². The Morgan fingerprint density at radius 3 is 2.72 bits per heavy atom. The monoisotopic (exact) mass is 276 g/mol. The average Bonchev–Trinajstić information content (AvgIpc) is 2.83. The van der Waals surface area contributed by atoms with Crippen molar-refractivity contribution in [2.45, 2.75) is 30.9 Å². The minimum absolute atomic E-state index is 0.0835. The summed E-state index contributed by atoms with van der Waals surface area (Å²) in [6, 6.07) is 2.97. The summed E-state index contributed by atoms with van der Waals surface area (Å²) >= 11 is 0. The minimum Gasteiger partial charge on any atom is -0.447 e. The van der Waals surface area contributed by atoms with Crippen LogP contribution in [0.3, 0.4) is 0 Å². The van der Waals surface area contributed by atoms with E-state index in [9.17, 15) is 8.42 Å². The van der Waals surface area contributed by atoms with Crippen molar-refractivity contribution in [1.29, 1.82) is 0 Å². The first-order chi connectivity index (χ1) is 8.60. The molecule has 0 aliphatic heterocycles. The molecule has 6 nitrogen and oxygen atoms in total. The smallest absolute Gasteiger partial charge is 0.273 e. The van der Waals surface area contributed by atoms with E-state index in [1.165, 1.54) is 6.07 Å². The molecule has 1 rings (SSSR count). The molecule has 1 aromatic heterocycles. The predicted octanol–water partition coefficient (Wildman–Crippen LogP) is 0.833. The molecule has 104 valence electrons. The van der Waals surface area contributed by atoms with Gasteiger partial charge in [0.05, 0.1) is 6.54 Å². The van der Waals surface area contributed by atoms with Gasteiger partial charge in [0.25, 0.3) is 10.0 Å². The molecular formula is C11H20N2O4S. The van der Waals surface area contributed by atoms with Crippen LogP contribution in [0.5, 0.6) is 0 Å². The molecule has 0 aliphatic rings. The standard InChI is InChI=1S/C11H20N2O4S/c1-16-8-4-2-3-7-13-18(14,15)11-6-5-10(9-12)17-11/h5-6,13H,2-4,7-9,12H2,1H3. The lowest BCUT2D eigenvalue weighted by Crippen LogP contribution is -2.24. The zero-order valence-electron chi connectivity index (χ0n) is 10.5. The maximum absolute atomic E-state index is 11.8. The summed E-state index contributed by atoms with van der Waals surface area (Å²) in [7, 11) is -1.90. The molecule has 0 atom stereocenters. The highest BCUT2D eigenvalue weighted by molar-refractivity contribution is 7.89. The van der Waals surface area contributed by atoms with Crippen LogP contribution in [0.2, 0.25) is 0 Å². The SMILES string of the molecule is COCCCCCNS(=O)(=O)c1ccc(CN)o1. The Hall–Kier alpha value is -0.890. The molecule has 0 bridgehead atoms. The number of unbranched alkanes of at least 4 members (excludes halogenated alkanes) is 2. The van der Waals surface area contributed by atoms with Crippen molar-refractivity contribution in [3.05, 3.63) is 17.9 Å². The van der Waals surface area contributed by atoms with Crippen molar-refractivity contribution in [1.82, 2.24) is 4.72 Å². The molecule has 0 amide bonds. The van der Waals surface area contributed by atoms with Crippen LogP contribution in [-0.2, 0) is 21.3 Å². The number of nitrogens with one attached hydrogen (secondary N) is 1. The van der Waals surface area contributed by atoms with Gasteiger partial charge in [-0.2, -0.15) is 0 Å². The molecule has 0 aliphatic carbocycles. The lowest BCUT2D eigenvalue weighted by Gasteiger charge is -2.04. The number of sulfonamides is 1. The summed E-state index contributed by atoms with van der Waals surface area (Å²) < 4.78 is 36.1. The molecule has 7 heteroatoms. The molecule has 1 heterocycles. The first kappa shape index (κ1) is 15.2. The van der Waals surface area contributed by atoms with Crippen molar-refractivity contribution in [2.75, 3.05) is 20.3 Å². The average molecular weight is 276 g/mol. The minimum atomic E-state index is -3.55. The second-order valence-electron chi connectivity index (χ2n) is 3.88. The zero-order valence-corrected chi connectivity index (χ0v) is 11.3. The molecule has 0 saturated carbocycles. The highest BCUT2D eigenvalue weighted by atomic mass is 32.2. The van der Waals surface area contributed by atoms with E-state index in [0.717, 1.165) is 19.3 Å². The third-order valence-electron chi connectivity index (χ3n) is 2.42. The van der Waals surface area contributed by atoms with E-state index in [0.29, 0.717) is 18.9 Å². The molecule has 0 aromatic carbocycles. The Kier molecular flexibility index (Phi) is 6.34. The van der Waals surface area contributed by atoms with E-state index >= 15 is 0 Å². The Bertz CT molecular complexity index is 442. The van der Waals surface area contributed by atoms with E-state index < -0.39 is 10.0 Å². The highest BCUT2D eigenvalue weighted by Gasteiger charge is 2.17. The molecule has 1 aromatic rings. The fourth-order valence-corrected chi connectivity index (χ4v) is 2.46. The molecular weight excluding hydrogens is 256 g/mol. The zero-order chi connectivity index (χ0) is 13.4. The van der Waals surface area contributed by atoms with Gasteiger partial charge in [0.2, 0.25) is 5.09 Å². The first-order valence-corrected chi connectivity index (χ1v) is 7.36. The summed E-state index contributed by atoms with van der Waals surface area (Å²) in [6.07, 6.45) is 2.62. The molecule has 0 unspecified atom stereocenters. The third kappa shape index (κ3) is 4.77. The van der Waals surface area contributed by atoms with Crippen LogP contribution in [0, 0.1) is 0 Å². The van der Waals surface area contributed by atoms with E-state index in [4.69, 9.17) is 14.9 Å². The molecule has 3 N–H and O–H groups in total. The Morgan fingerprint density at radius 1 is 1.33 bits per heavy atom. The van der Waals surface area contributed by atoms with E-state index in [1.54, 1.807) is 13.2 Å². The number of methoxy groups -OCH3 is 1. The number of nitrogens with two attached hydrogens (primary N) is 1. The van der Waals surface area contributed by atoms with Crippen molar-refractivity contribution in [3.8, 4) is 0 Å². The van der Waals surface area contributed by atoms with Crippen LogP contribution in [-0.4, -0.2) is 28.7 Å². The highest BCUT2D eigenvalue weighted by Crippen LogP contribution is 2.13. The Labute approximate surface area is 108 Å². The number of rotatable bonds is 9. The van der Waals surface area contributed by atoms with E-state index in [2.05, 4.69) is 4.72 Å². The van der Waals surface area contributed by atoms with Gasteiger partial charge in [0.15, 0.2) is 0 Å². The molecule has 0 spiro atoms. The topological polar surface area (TPSA) is 94.6 Å². The van der Waals surface area contributed by atoms with Gasteiger partial charge in [-0.3, -0.25) is 0 Å². The predicted molar refractivity (Wildman–Crippen MR) is 67.5 cm³/mol. The van der Waals surface area contributed by atoms with E-state index in [-0.39, 0.29) is 11.6 Å². The van der Waals surface area contributed by atoms with Gasteiger partial charge < -0.3 is 14.9 Å². The lowest BCUT2D eigenvalue weighted by molar-refractivity contribution is 0.192. The third-order valence-corrected chi connectivity index (χ3v) is 3.75. The molecule has 0 saturated heterocycles. The quantitative estimate of drug-likeness (QED) is 0.652. The fraction of sp³-hybridized carbons (Fsp3) is 0.636. The molecule has 18 heavy (non-hydrogen) atoms. The lowest BCUT2D eigenvalue weighted by atomic mass is 10.2. The van der Waals surface area contributed by atoms with Gasteiger partial charge in [-0.15, -0.1) is 0 Å². The summed E-state index contributed by atoms with van der Waals surface area (Å²) in [4.78, 5) is 0. The largest absolute Gasteiger partial charge is 0.447 e. The summed E-state index contributed by atoms with van der Waals surface area (Å²) in [5, 5.41) is -0.0835. The number of hydrogen-bond donors (Lipinski definition) is 2. The second kappa shape index (κ2) is 7.52. The number of hydrogen-bond acceptors (Lipinski definition) is 5. The Morgan fingerprint density at radius 2 is 2.11 bits per heavy atom. The first-order valence-electron chi connectivity index (χ1n) is 5.87. The normalized spacial score (nSPS) is 11.9.